The van der Waals surface area contributed by atoms with Crippen LogP contribution in [0.15, 0.2) is 27.5 Å². The van der Waals surface area contributed by atoms with Crippen molar-refractivity contribution in [3.8, 4) is 0 Å². The van der Waals surface area contributed by atoms with Crippen LogP contribution in [-0.4, -0.2) is 10.5 Å². The minimum Gasteiger partial charge on any atom is -0.274 e. The lowest BCUT2D eigenvalue weighted by molar-refractivity contribution is 0.0902. The van der Waals surface area contributed by atoms with Crippen LogP contribution in [-0.2, 0) is 0 Å². The van der Waals surface area contributed by atoms with Gasteiger partial charge in [0.1, 0.15) is 0 Å². The number of benzene rings is 1. The van der Waals surface area contributed by atoms with Crippen LogP contribution in [0.2, 0.25) is 0 Å². The number of rotatable bonds is 6. The number of fused-ring (bicyclic) bond motifs is 1. The van der Waals surface area contributed by atoms with Crippen molar-refractivity contribution in [3.05, 3.63) is 32.3 Å². The van der Waals surface area contributed by atoms with Gasteiger partial charge in [-0.15, -0.1) is 0 Å². The zero-order valence-corrected chi connectivity index (χ0v) is 13.9. The molecule has 0 N–H and O–H groups in total. The normalized spacial score (nSPS) is 11.1. The fourth-order valence-corrected chi connectivity index (χ4v) is 3.66. The Labute approximate surface area is 130 Å². The van der Waals surface area contributed by atoms with Gasteiger partial charge in [0, 0.05) is 10.9 Å². The van der Waals surface area contributed by atoms with Crippen LogP contribution >= 0.6 is 27.3 Å². The van der Waals surface area contributed by atoms with Gasteiger partial charge in [0.05, 0.1) is 10.2 Å². The van der Waals surface area contributed by atoms with Gasteiger partial charge in [0.15, 0.2) is 0 Å². The Balaban J connectivity index is 2.10. The number of hydrogen-bond donors (Lipinski definition) is 0. The standard InChI is InChI=1S/C15H18BrNO2S/c1-2-3-4-5-6-7-14(18)17-12-9-8-11(16)10-13(12)20-15(17)19/h8-10H,2-7H2,1H3. The topological polar surface area (TPSA) is 39.1 Å². The molecule has 0 aliphatic rings. The van der Waals surface area contributed by atoms with Gasteiger partial charge in [-0.3, -0.25) is 9.59 Å². The van der Waals surface area contributed by atoms with Gasteiger partial charge in [0.25, 0.3) is 0 Å². The molecule has 0 bridgehead atoms. The molecule has 5 heteroatoms. The Bertz CT molecular complexity index is 659. The first-order valence-corrected chi connectivity index (χ1v) is 8.58. The lowest BCUT2D eigenvalue weighted by atomic mass is 10.1. The average Bonchev–Trinajstić information content (AvgIpc) is 2.73. The second-order valence-corrected chi connectivity index (χ2v) is 6.78. The molecule has 2 rings (SSSR count). The summed E-state index contributed by atoms with van der Waals surface area (Å²) in [7, 11) is 0. The second-order valence-electron chi connectivity index (χ2n) is 4.87. The van der Waals surface area contributed by atoms with Gasteiger partial charge in [0.2, 0.25) is 5.91 Å². The summed E-state index contributed by atoms with van der Waals surface area (Å²) in [5.41, 5.74) is 0.724. The molecule has 0 spiro atoms. The molecule has 0 aliphatic carbocycles. The van der Waals surface area contributed by atoms with E-state index in [0.29, 0.717) is 6.42 Å². The summed E-state index contributed by atoms with van der Waals surface area (Å²) in [6, 6.07) is 5.57. The molecule has 1 heterocycles. The van der Waals surface area contributed by atoms with Gasteiger partial charge in [-0.1, -0.05) is 59.9 Å². The Morgan fingerprint density at radius 1 is 1.25 bits per heavy atom. The van der Waals surface area contributed by atoms with Crippen LogP contribution in [0, 0.1) is 0 Å². The predicted molar refractivity (Wildman–Crippen MR) is 87.8 cm³/mol. The molecule has 0 amide bonds. The monoisotopic (exact) mass is 355 g/mol. The highest BCUT2D eigenvalue weighted by atomic mass is 79.9. The number of carbonyl (C=O) groups excluding carboxylic acids is 1. The average molecular weight is 356 g/mol. The lowest BCUT2D eigenvalue weighted by Crippen LogP contribution is -2.21. The van der Waals surface area contributed by atoms with E-state index >= 15 is 0 Å². The van der Waals surface area contributed by atoms with E-state index in [4.69, 9.17) is 0 Å². The quantitative estimate of drug-likeness (QED) is 0.696. The lowest BCUT2D eigenvalue weighted by Gasteiger charge is -2.03. The van der Waals surface area contributed by atoms with Crippen LogP contribution in [0.3, 0.4) is 0 Å². The summed E-state index contributed by atoms with van der Waals surface area (Å²) < 4.78 is 3.10. The first-order valence-electron chi connectivity index (χ1n) is 6.97. The molecule has 2 aromatic rings. The van der Waals surface area contributed by atoms with E-state index in [0.717, 1.165) is 45.3 Å². The molecule has 0 radical (unpaired) electrons. The van der Waals surface area contributed by atoms with Gasteiger partial charge < -0.3 is 0 Å². The van der Waals surface area contributed by atoms with Gasteiger partial charge >= 0.3 is 4.87 Å². The maximum atomic E-state index is 12.2. The zero-order valence-electron chi connectivity index (χ0n) is 11.5. The minimum absolute atomic E-state index is 0.0833. The smallest absolute Gasteiger partial charge is 0.274 e. The first-order chi connectivity index (χ1) is 9.63. The van der Waals surface area contributed by atoms with E-state index in [1.165, 1.54) is 17.4 Å². The molecular weight excluding hydrogens is 338 g/mol. The molecule has 1 aromatic heterocycles. The fourth-order valence-electron chi connectivity index (χ4n) is 2.22. The molecule has 108 valence electrons. The molecule has 0 saturated carbocycles. The van der Waals surface area contributed by atoms with Gasteiger partial charge in [-0.05, 0) is 24.6 Å². The highest BCUT2D eigenvalue weighted by Crippen LogP contribution is 2.22. The summed E-state index contributed by atoms with van der Waals surface area (Å²) in [4.78, 5) is 24.0. The van der Waals surface area contributed by atoms with Crippen molar-refractivity contribution in [2.24, 2.45) is 0 Å². The van der Waals surface area contributed by atoms with Crippen molar-refractivity contribution < 1.29 is 4.79 Å². The number of aromatic nitrogens is 1. The number of hydrogen-bond acceptors (Lipinski definition) is 3. The summed E-state index contributed by atoms with van der Waals surface area (Å²) in [6.07, 6.45) is 5.93. The molecule has 20 heavy (non-hydrogen) atoms. The van der Waals surface area contributed by atoms with E-state index in [1.807, 2.05) is 18.2 Å². The van der Waals surface area contributed by atoms with Crippen molar-refractivity contribution in [2.75, 3.05) is 0 Å². The van der Waals surface area contributed by atoms with E-state index in [1.54, 1.807) is 0 Å². The van der Waals surface area contributed by atoms with Crippen molar-refractivity contribution in [1.82, 2.24) is 4.57 Å². The van der Waals surface area contributed by atoms with Crippen molar-refractivity contribution in [3.63, 3.8) is 0 Å². The Morgan fingerprint density at radius 3 is 2.75 bits per heavy atom. The van der Waals surface area contributed by atoms with Crippen molar-refractivity contribution in [1.29, 1.82) is 0 Å². The summed E-state index contributed by atoms with van der Waals surface area (Å²) >= 11 is 4.50. The van der Waals surface area contributed by atoms with Crippen LogP contribution in [0.25, 0.3) is 10.2 Å². The summed E-state index contributed by atoms with van der Waals surface area (Å²) in [5.74, 6) is -0.0833. The number of halogens is 1. The van der Waals surface area contributed by atoms with Gasteiger partial charge in [-0.25, -0.2) is 4.57 Å². The van der Waals surface area contributed by atoms with Crippen LogP contribution in [0.1, 0.15) is 50.2 Å². The zero-order chi connectivity index (χ0) is 14.5. The molecule has 1 aromatic carbocycles. The Morgan fingerprint density at radius 2 is 2.00 bits per heavy atom. The fraction of sp³-hybridized carbons (Fsp3) is 0.467. The predicted octanol–water partition coefficient (Wildman–Crippen LogP) is 4.83. The number of thiazole rings is 1. The van der Waals surface area contributed by atoms with E-state index < -0.39 is 0 Å². The van der Waals surface area contributed by atoms with E-state index in [-0.39, 0.29) is 10.8 Å². The molecule has 3 nitrogen and oxygen atoms in total. The van der Waals surface area contributed by atoms with Crippen LogP contribution in [0.4, 0.5) is 0 Å². The van der Waals surface area contributed by atoms with Gasteiger partial charge in [-0.2, -0.15) is 0 Å². The minimum atomic E-state index is -0.184. The van der Waals surface area contributed by atoms with Crippen LogP contribution < -0.4 is 4.87 Å². The number of unbranched alkanes of at least 4 members (excludes halogenated alkanes) is 4. The van der Waals surface area contributed by atoms with Crippen molar-refractivity contribution >= 4 is 43.4 Å². The first kappa shape index (κ1) is 15.4. The number of carbonyl (C=O) groups is 1. The largest absolute Gasteiger partial charge is 0.314 e. The maximum absolute atomic E-state index is 12.2. The van der Waals surface area contributed by atoms with Crippen molar-refractivity contribution in [2.45, 2.75) is 45.4 Å². The van der Waals surface area contributed by atoms with Crippen LogP contribution in [0.5, 0.6) is 0 Å². The van der Waals surface area contributed by atoms with E-state index in [9.17, 15) is 9.59 Å². The molecule has 0 saturated heterocycles. The highest BCUT2D eigenvalue weighted by molar-refractivity contribution is 9.10. The maximum Gasteiger partial charge on any atom is 0.314 e. The molecule has 0 fully saturated rings. The third-order valence-electron chi connectivity index (χ3n) is 3.29. The summed E-state index contributed by atoms with van der Waals surface area (Å²) in [6.45, 7) is 2.17. The molecule has 0 unspecified atom stereocenters. The molecular formula is C15H18BrNO2S. The molecule has 0 aliphatic heterocycles. The third-order valence-corrected chi connectivity index (χ3v) is 4.68. The van der Waals surface area contributed by atoms with E-state index in [2.05, 4.69) is 22.9 Å². The summed E-state index contributed by atoms with van der Waals surface area (Å²) in [5, 5.41) is 0. The third kappa shape index (κ3) is 3.58. The molecule has 0 atom stereocenters. The Kier molecular flexibility index (Phi) is 5.54. The number of nitrogens with zero attached hydrogens (tertiary/aromatic N) is 1. The SMILES string of the molecule is CCCCCCCC(=O)n1c(=O)sc2cc(Br)ccc21. The highest BCUT2D eigenvalue weighted by Gasteiger charge is 2.14. The Hall–Kier alpha value is -0.940. The second kappa shape index (κ2) is 7.18.